The summed E-state index contributed by atoms with van der Waals surface area (Å²) in [5.74, 6) is 0.389. The monoisotopic (exact) mass is 359 g/mol. The Bertz CT molecular complexity index is 534. The topological polar surface area (TPSA) is 22.1 Å². The number of ether oxygens (including phenoxy) is 1. The Morgan fingerprint density at radius 1 is 1.18 bits per heavy atom. The zero-order valence-corrected chi connectivity index (χ0v) is 11.8. The van der Waals surface area contributed by atoms with E-state index in [0.717, 1.165) is 10.0 Å². The smallest absolute Gasteiger partial charge is 0.139 e. The first kappa shape index (κ1) is 12.5. The third kappa shape index (κ3) is 3.51. The molecule has 5 heteroatoms. The van der Waals surface area contributed by atoms with E-state index in [1.165, 1.54) is 12.1 Å². The average Bonchev–Trinajstić information content (AvgIpc) is 2.28. The van der Waals surface area contributed by atoms with Gasteiger partial charge in [-0.2, -0.15) is 0 Å². The molecule has 1 aromatic heterocycles. The van der Waals surface area contributed by atoms with E-state index in [1.54, 1.807) is 18.5 Å². The summed E-state index contributed by atoms with van der Waals surface area (Å²) in [7, 11) is 0. The molecule has 2 aromatic rings. The largest absolute Gasteiger partial charge is 0.487 e. The lowest BCUT2D eigenvalue weighted by molar-refractivity contribution is 0.304. The van der Waals surface area contributed by atoms with E-state index in [0.29, 0.717) is 16.8 Å². The number of aromatic nitrogens is 1. The van der Waals surface area contributed by atoms with Crippen LogP contribution in [-0.2, 0) is 6.61 Å². The summed E-state index contributed by atoms with van der Waals surface area (Å²) in [5, 5.41) is 0. The van der Waals surface area contributed by atoms with Crippen molar-refractivity contribution in [2.45, 2.75) is 6.61 Å². The van der Waals surface area contributed by atoms with Crippen molar-refractivity contribution < 1.29 is 9.13 Å². The molecule has 0 atom stereocenters. The molecule has 1 heterocycles. The van der Waals surface area contributed by atoms with Crippen LogP contribution in [-0.4, -0.2) is 4.98 Å². The maximum Gasteiger partial charge on any atom is 0.139 e. The molecule has 0 amide bonds. The van der Waals surface area contributed by atoms with Gasteiger partial charge in [-0.3, -0.25) is 4.98 Å². The number of pyridine rings is 1. The number of nitrogens with zero attached hydrogens (tertiary/aromatic N) is 1. The molecule has 2 nitrogen and oxygen atoms in total. The van der Waals surface area contributed by atoms with Gasteiger partial charge in [-0.1, -0.05) is 22.0 Å². The van der Waals surface area contributed by atoms with Crippen LogP contribution in [0.5, 0.6) is 5.75 Å². The molecule has 0 spiro atoms. The van der Waals surface area contributed by atoms with Gasteiger partial charge in [0, 0.05) is 20.7 Å². The summed E-state index contributed by atoms with van der Waals surface area (Å²) in [6.07, 6.45) is 3.31. The number of halogens is 3. The van der Waals surface area contributed by atoms with Gasteiger partial charge >= 0.3 is 0 Å². The first-order valence-electron chi connectivity index (χ1n) is 4.82. The van der Waals surface area contributed by atoms with E-state index >= 15 is 0 Å². The molecule has 0 unspecified atom stereocenters. The van der Waals surface area contributed by atoms with Gasteiger partial charge < -0.3 is 4.74 Å². The Morgan fingerprint density at radius 3 is 2.71 bits per heavy atom. The van der Waals surface area contributed by atoms with Crippen molar-refractivity contribution in [2.75, 3.05) is 0 Å². The summed E-state index contributed by atoms with van der Waals surface area (Å²) < 4.78 is 20.0. The van der Waals surface area contributed by atoms with E-state index in [4.69, 9.17) is 4.74 Å². The molecule has 0 aliphatic rings. The van der Waals surface area contributed by atoms with Crippen LogP contribution >= 0.6 is 31.9 Å². The first-order valence-corrected chi connectivity index (χ1v) is 6.41. The summed E-state index contributed by atoms with van der Waals surface area (Å²) in [6, 6.07) is 6.33. The fraction of sp³-hybridized carbons (Fsp3) is 0.0833. The van der Waals surface area contributed by atoms with Crippen LogP contribution in [0.1, 0.15) is 5.56 Å². The highest BCUT2D eigenvalue weighted by Gasteiger charge is 2.03. The number of hydrogen-bond donors (Lipinski definition) is 0. The third-order valence-corrected chi connectivity index (χ3v) is 3.26. The zero-order chi connectivity index (χ0) is 12.3. The number of rotatable bonds is 3. The van der Waals surface area contributed by atoms with Crippen molar-refractivity contribution in [3.05, 3.63) is 57.0 Å². The quantitative estimate of drug-likeness (QED) is 0.812. The maximum absolute atomic E-state index is 12.9. The number of hydrogen-bond acceptors (Lipinski definition) is 2. The molecule has 0 aliphatic carbocycles. The zero-order valence-electron chi connectivity index (χ0n) is 8.66. The normalized spacial score (nSPS) is 10.3. The standard InChI is InChI=1S/C12H8Br2FNO/c13-9-3-11(6-16-5-9)17-7-8-1-2-10(15)4-12(8)14/h1-6H,7H2. The van der Waals surface area contributed by atoms with Gasteiger partial charge in [-0.05, 0) is 34.1 Å². The van der Waals surface area contributed by atoms with Crippen LogP contribution < -0.4 is 4.74 Å². The van der Waals surface area contributed by atoms with Crippen LogP contribution in [0.2, 0.25) is 0 Å². The van der Waals surface area contributed by atoms with Gasteiger partial charge in [0.15, 0.2) is 0 Å². The lowest BCUT2D eigenvalue weighted by Crippen LogP contribution is -1.97. The van der Waals surface area contributed by atoms with Crippen molar-refractivity contribution in [3.8, 4) is 5.75 Å². The molecule has 0 saturated carbocycles. The lowest BCUT2D eigenvalue weighted by atomic mass is 10.2. The molecule has 0 radical (unpaired) electrons. The van der Waals surface area contributed by atoms with Gasteiger partial charge in [-0.25, -0.2) is 4.39 Å². The van der Waals surface area contributed by atoms with Crippen molar-refractivity contribution in [1.82, 2.24) is 4.98 Å². The summed E-state index contributed by atoms with van der Waals surface area (Å²) in [4.78, 5) is 3.99. The second-order valence-corrected chi connectivity index (χ2v) is 5.13. The third-order valence-electron chi connectivity index (χ3n) is 2.09. The highest BCUT2D eigenvalue weighted by atomic mass is 79.9. The minimum atomic E-state index is -0.273. The fourth-order valence-electron chi connectivity index (χ4n) is 1.27. The van der Waals surface area contributed by atoms with Crippen LogP contribution in [0, 0.1) is 5.82 Å². The Hall–Kier alpha value is -0.940. The minimum absolute atomic E-state index is 0.273. The van der Waals surface area contributed by atoms with Crippen molar-refractivity contribution in [3.63, 3.8) is 0 Å². The second kappa shape index (κ2) is 5.60. The van der Waals surface area contributed by atoms with E-state index in [1.807, 2.05) is 6.07 Å². The Kier molecular flexibility index (Phi) is 4.12. The van der Waals surface area contributed by atoms with Crippen molar-refractivity contribution in [2.24, 2.45) is 0 Å². The summed E-state index contributed by atoms with van der Waals surface area (Å²) in [5.41, 5.74) is 0.881. The molecule has 0 bridgehead atoms. The SMILES string of the molecule is Fc1ccc(COc2cncc(Br)c2)c(Br)c1. The van der Waals surface area contributed by atoms with Crippen LogP contribution in [0.4, 0.5) is 4.39 Å². The van der Waals surface area contributed by atoms with Gasteiger partial charge in [0.05, 0.1) is 6.20 Å². The molecule has 0 N–H and O–H groups in total. The Labute approximate surface area is 115 Å². The van der Waals surface area contributed by atoms with Gasteiger partial charge in [0.1, 0.15) is 18.2 Å². The van der Waals surface area contributed by atoms with E-state index in [2.05, 4.69) is 36.8 Å². The van der Waals surface area contributed by atoms with Crippen LogP contribution in [0.3, 0.4) is 0 Å². The summed E-state index contributed by atoms with van der Waals surface area (Å²) in [6.45, 7) is 0.360. The van der Waals surface area contributed by atoms with E-state index in [-0.39, 0.29) is 5.82 Å². The highest BCUT2D eigenvalue weighted by molar-refractivity contribution is 9.10. The average molecular weight is 361 g/mol. The van der Waals surface area contributed by atoms with Gasteiger partial charge in [0.25, 0.3) is 0 Å². The van der Waals surface area contributed by atoms with E-state index in [9.17, 15) is 4.39 Å². The minimum Gasteiger partial charge on any atom is -0.487 e. The maximum atomic E-state index is 12.9. The van der Waals surface area contributed by atoms with Crippen molar-refractivity contribution in [1.29, 1.82) is 0 Å². The molecule has 0 fully saturated rings. The molecule has 2 rings (SSSR count). The predicted molar refractivity (Wildman–Crippen MR) is 70.4 cm³/mol. The first-order chi connectivity index (χ1) is 8.15. The molecule has 17 heavy (non-hydrogen) atoms. The molecular weight excluding hydrogens is 353 g/mol. The lowest BCUT2D eigenvalue weighted by Gasteiger charge is -2.07. The van der Waals surface area contributed by atoms with Crippen molar-refractivity contribution >= 4 is 31.9 Å². The van der Waals surface area contributed by atoms with Crippen LogP contribution in [0.15, 0.2) is 45.6 Å². The number of benzene rings is 1. The predicted octanol–water partition coefficient (Wildman–Crippen LogP) is 4.32. The molecule has 1 aromatic carbocycles. The second-order valence-electron chi connectivity index (χ2n) is 3.36. The highest BCUT2D eigenvalue weighted by Crippen LogP contribution is 2.21. The fourth-order valence-corrected chi connectivity index (χ4v) is 2.08. The molecule has 0 aliphatic heterocycles. The van der Waals surface area contributed by atoms with E-state index < -0.39 is 0 Å². The Balaban J connectivity index is 2.07. The van der Waals surface area contributed by atoms with Gasteiger partial charge in [-0.15, -0.1) is 0 Å². The summed E-state index contributed by atoms with van der Waals surface area (Å²) >= 11 is 6.60. The molecular formula is C12H8Br2FNO. The Morgan fingerprint density at radius 2 is 2.00 bits per heavy atom. The van der Waals surface area contributed by atoms with Gasteiger partial charge in [0.2, 0.25) is 0 Å². The molecule has 0 saturated heterocycles. The van der Waals surface area contributed by atoms with Crippen LogP contribution in [0.25, 0.3) is 0 Å². The molecule has 88 valence electrons.